The number of aliphatic hydroxyl groups is 3. The summed E-state index contributed by atoms with van der Waals surface area (Å²) in [5.74, 6) is -0.526. The maximum atomic E-state index is 11.5. The Bertz CT molecular complexity index is 361. The molecule has 0 fully saturated rings. The van der Waals surface area contributed by atoms with Crippen LogP contribution in [0.4, 0.5) is 0 Å². The second-order valence-corrected chi connectivity index (χ2v) is 8.74. The lowest BCUT2D eigenvalue weighted by molar-refractivity contribution is -0.190. The van der Waals surface area contributed by atoms with Crippen LogP contribution in [0, 0.1) is 0 Å². The molecule has 2 atom stereocenters. The molecule has 0 bridgehead atoms. The van der Waals surface area contributed by atoms with Crippen LogP contribution in [0.5, 0.6) is 0 Å². The van der Waals surface area contributed by atoms with Gasteiger partial charge in [0.25, 0.3) is 0 Å². The number of ether oxygens (including phenoxy) is 1. The Balaban J connectivity index is 3.19. The minimum atomic E-state index is -1.64. The molecule has 0 aromatic carbocycles. The summed E-state index contributed by atoms with van der Waals surface area (Å²) in [5, 5.41) is 27.1. The first kappa shape index (κ1) is 29.4. The minimum Gasteiger partial charge on any atom is -0.433 e. The highest BCUT2D eigenvalue weighted by Gasteiger charge is 2.19. The fourth-order valence-corrected chi connectivity index (χ4v) is 3.71. The molecule has 0 aliphatic carbocycles. The van der Waals surface area contributed by atoms with Gasteiger partial charge in [0.1, 0.15) is 6.10 Å². The number of carbonyl (C=O) groups is 1. The number of carbonyl (C=O) groups excluding carboxylic acids is 1. The smallest absolute Gasteiger partial charge is 0.308 e. The first-order valence-corrected chi connectivity index (χ1v) is 12.8. The van der Waals surface area contributed by atoms with Crippen LogP contribution in [-0.2, 0) is 9.53 Å². The summed E-state index contributed by atoms with van der Waals surface area (Å²) in [4.78, 5) is 11.5. The second kappa shape index (κ2) is 23.0. The van der Waals surface area contributed by atoms with Crippen molar-refractivity contribution >= 4 is 5.97 Å². The highest BCUT2D eigenvalue weighted by atomic mass is 16.6. The summed E-state index contributed by atoms with van der Waals surface area (Å²) < 4.78 is 4.65. The largest absolute Gasteiger partial charge is 0.433 e. The van der Waals surface area contributed by atoms with E-state index in [0.717, 1.165) is 19.3 Å². The molecule has 0 amide bonds. The fourth-order valence-electron chi connectivity index (χ4n) is 3.71. The van der Waals surface area contributed by atoms with E-state index in [9.17, 15) is 9.90 Å². The third-order valence-corrected chi connectivity index (χ3v) is 5.75. The zero-order valence-corrected chi connectivity index (χ0v) is 19.7. The molecule has 0 radical (unpaired) electrons. The molecule has 0 saturated heterocycles. The van der Waals surface area contributed by atoms with Crippen molar-refractivity contribution in [3.8, 4) is 0 Å². The van der Waals surface area contributed by atoms with Gasteiger partial charge in [-0.2, -0.15) is 0 Å². The van der Waals surface area contributed by atoms with E-state index in [0.29, 0.717) is 0 Å². The summed E-state index contributed by atoms with van der Waals surface area (Å²) in [6.07, 6.45) is 22.0. The van der Waals surface area contributed by atoms with E-state index in [4.69, 9.17) is 10.2 Å². The molecule has 2 unspecified atom stereocenters. The van der Waals surface area contributed by atoms with Crippen LogP contribution in [0.15, 0.2) is 0 Å². The third kappa shape index (κ3) is 20.6. The monoisotopic (exact) mass is 430 g/mol. The summed E-state index contributed by atoms with van der Waals surface area (Å²) in [6, 6.07) is 0. The van der Waals surface area contributed by atoms with Gasteiger partial charge in [0, 0.05) is 6.42 Å². The van der Waals surface area contributed by atoms with Gasteiger partial charge in [-0.1, -0.05) is 122 Å². The fraction of sp³-hybridized carbons (Fsp3) is 0.960. The molecule has 5 heteroatoms. The normalized spacial score (nSPS) is 13.3. The number of aliphatic hydroxyl groups excluding tert-OH is 3. The lowest BCUT2D eigenvalue weighted by Crippen LogP contribution is -2.33. The minimum absolute atomic E-state index is 0.244. The number of unbranched alkanes of at least 4 members (excludes halogenated alkanes) is 18. The maximum Gasteiger partial charge on any atom is 0.308 e. The van der Waals surface area contributed by atoms with E-state index >= 15 is 0 Å². The SMILES string of the molecule is CCCCCCCCCCCCCCCCCCCCCC(=O)OC(O)C(O)CO. The first-order chi connectivity index (χ1) is 14.6. The zero-order valence-electron chi connectivity index (χ0n) is 19.7. The molecular formula is C25H50O5. The van der Waals surface area contributed by atoms with Crippen molar-refractivity contribution in [3.63, 3.8) is 0 Å². The van der Waals surface area contributed by atoms with E-state index in [1.807, 2.05) is 0 Å². The van der Waals surface area contributed by atoms with Gasteiger partial charge in [0.05, 0.1) is 6.61 Å². The first-order valence-electron chi connectivity index (χ1n) is 12.8. The Kier molecular flexibility index (Phi) is 22.5. The van der Waals surface area contributed by atoms with Gasteiger partial charge >= 0.3 is 5.97 Å². The van der Waals surface area contributed by atoms with Crippen LogP contribution in [-0.4, -0.2) is 40.3 Å². The van der Waals surface area contributed by atoms with E-state index in [-0.39, 0.29) is 6.42 Å². The Hall–Kier alpha value is -0.650. The molecule has 0 aromatic rings. The Labute approximate surface area is 185 Å². The molecule has 0 aliphatic rings. The third-order valence-electron chi connectivity index (χ3n) is 5.75. The van der Waals surface area contributed by atoms with Gasteiger partial charge in [0.2, 0.25) is 6.29 Å². The lowest BCUT2D eigenvalue weighted by atomic mass is 10.0. The Morgan fingerprint density at radius 2 is 0.967 bits per heavy atom. The van der Waals surface area contributed by atoms with Crippen molar-refractivity contribution in [2.24, 2.45) is 0 Å². The average molecular weight is 431 g/mol. The quantitative estimate of drug-likeness (QED) is 0.105. The van der Waals surface area contributed by atoms with Crippen LogP contribution < -0.4 is 0 Å². The highest BCUT2D eigenvalue weighted by molar-refractivity contribution is 5.69. The predicted octanol–water partition coefficient (Wildman–Crippen LogP) is 6.02. The van der Waals surface area contributed by atoms with E-state index in [1.54, 1.807) is 0 Å². The second-order valence-electron chi connectivity index (χ2n) is 8.74. The molecule has 0 spiro atoms. The molecule has 0 saturated carbocycles. The number of hydrogen-bond acceptors (Lipinski definition) is 5. The lowest BCUT2D eigenvalue weighted by Gasteiger charge is -2.15. The van der Waals surface area contributed by atoms with Crippen molar-refractivity contribution < 1.29 is 24.9 Å². The summed E-state index contributed by atoms with van der Waals surface area (Å²) in [5.41, 5.74) is 0. The van der Waals surface area contributed by atoms with Crippen LogP contribution in [0.1, 0.15) is 135 Å². The van der Waals surface area contributed by atoms with Gasteiger partial charge in [0.15, 0.2) is 0 Å². The molecule has 0 aliphatic heterocycles. The average Bonchev–Trinajstić information content (AvgIpc) is 2.74. The standard InChI is InChI=1S/C25H50O5/c1-2-3-4-5-6-7-8-9-10-11-12-13-14-15-16-17-18-19-20-21-24(28)30-25(29)23(27)22-26/h23,25-27,29H,2-22H2,1H3. The summed E-state index contributed by atoms with van der Waals surface area (Å²) in [7, 11) is 0. The van der Waals surface area contributed by atoms with Crippen molar-refractivity contribution in [1.29, 1.82) is 0 Å². The molecule has 3 N–H and O–H groups in total. The van der Waals surface area contributed by atoms with Crippen LogP contribution >= 0.6 is 0 Å². The number of esters is 1. The molecule has 0 rings (SSSR count). The highest BCUT2D eigenvalue weighted by Crippen LogP contribution is 2.15. The van der Waals surface area contributed by atoms with E-state index in [1.165, 1.54) is 103 Å². The van der Waals surface area contributed by atoms with Gasteiger partial charge in [-0.15, -0.1) is 0 Å². The van der Waals surface area contributed by atoms with Crippen molar-refractivity contribution in [2.75, 3.05) is 6.61 Å². The summed E-state index contributed by atoms with van der Waals surface area (Å²) in [6.45, 7) is 1.64. The molecule has 5 nitrogen and oxygen atoms in total. The van der Waals surface area contributed by atoms with Crippen LogP contribution in [0.3, 0.4) is 0 Å². The van der Waals surface area contributed by atoms with E-state index in [2.05, 4.69) is 11.7 Å². The van der Waals surface area contributed by atoms with Gasteiger partial charge < -0.3 is 20.1 Å². The molecular weight excluding hydrogens is 380 g/mol. The maximum absolute atomic E-state index is 11.5. The van der Waals surface area contributed by atoms with Crippen molar-refractivity contribution in [3.05, 3.63) is 0 Å². The molecule has 30 heavy (non-hydrogen) atoms. The predicted molar refractivity (Wildman–Crippen MR) is 123 cm³/mol. The Morgan fingerprint density at radius 3 is 1.30 bits per heavy atom. The van der Waals surface area contributed by atoms with Crippen LogP contribution in [0.25, 0.3) is 0 Å². The van der Waals surface area contributed by atoms with Crippen molar-refractivity contribution in [1.82, 2.24) is 0 Å². The zero-order chi connectivity index (χ0) is 22.3. The van der Waals surface area contributed by atoms with Gasteiger partial charge in [-0.25, -0.2) is 0 Å². The summed E-state index contributed by atoms with van der Waals surface area (Å²) >= 11 is 0. The topological polar surface area (TPSA) is 87.0 Å². The number of rotatable bonds is 23. The van der Waals surface area contributed by atoms with Crippen LogP contribution in [0.2, 0.25) is 0 Å². The number of hydrogen-bond donors (Lipinski definition) is 3. The molecule has 0 aromatic heterocycles. The van der Waals surface area contributed by atoms with Gasteiger partial charge in [-0.3, -0.25) is 4.79 Å². The van der Waals surface area contributed by atoms with E-state index < -0.39 is 25.0 Å². The molecule has 0 heterocycles. The van der Waals surface area contributed by atoms with Crippen molar-refractivity contribution in [2.45, 2.75) is 148 Å². The molecule has 180 valence electrons. The Morgan fingerprint density at radius 1 is 0.633 bits per heavy atom. The van der Waals surface area contributed by atoms with Gasteiger partial charge in [-0.05, 0) is 6.42 Å².